The van der Waals surface area contributed by atoms with Crippen LogP contribution in [0.25, 0.3) is 0 Å². The Bertz CT molecular complexity index is 1080. The normalized spacial score (nSPS) is 11.2. The maximum atomic E-state index is 12.8. The lowest BCUT2D eigenvalue weighted by atomic mass is 10.1. The summed E-state index contributed by atoms with van der Waals surface area (Å²) in [6.07, 6.45) is 0. The third kappa shape index (κ3) is 5.67. The van der Waals surface area contributed by atoms with Crippen molar-refractivity contribution in [3.63, 3.8) is 0 Å². The fraction of sp³-hybridized carbons (Fsp3) is 0.136. The smallest absolute Gasteiger partial charge is 0.253 e. The molecule has 0 atom stereocenters. The van der Waals surface area contributed by atoms with E-state index in [9.17, 15) is 13.2 Å². The van der Waals surface area contributed by atoms with Gasteiger partial charge in [0.1, 0.15) is 0 Å². The standard InChI is InChI=1S/C22H21ClN2O3S/c1-25(16-18-10-12-20(23)13-11-18)22(26)19-8-5-9-21(14-19)29(27,28)24-15-17-6-3-2-4-7-17/h2-14,24H,15-16H2,1H3. The number of benzene rings is 3. The second kappa shape index (κ2) is 9.22. The molecule has 5 nitrogen and oxygen atoms in total. The first kappa shape index (κ1) is 21.0. The summed E-state index contributed by atoms with van der Waals surface area (Å²) < 4.78 is 27.8. The SMILES string of the molecule is CN(Cc1ccc(Cl)cc1)C(=O)c1cccc(S(=O)(=O)NCc2ccccc2)c1. The Hall–Kier alpha value is -2.67. The third-order valence-corrected chi connectivity index (χ3v) is 6.03. The molecule has 29 heavy (non-hydrogen) atoms. The Balaban J connectivity index is 1.72. The molecule has 0 aromatic heterocycles. The molecule has 1 amide bonds. The molecular formula is C22H21ClN2O3S. The Kier molecular flexibility index (Phi) is 6.69. The van der Waals surface area contributed by atoms with E-state index >= 15 is 0 Å². The number of carbonyl (C=O) groups is 1. The predicted octanol–water partition coefficient (Wildman–Crippen LogP) is 4.09. The molecule has 0 radical (unpaired) electrons. The molecule has 0 aliphatic heterocycles. The van der Waals surface area contributed by atoms with Crippen LogP contribution in [0.1, 0.15) is 21.5 Å². The summed E-state index contributed by atoms with van der Waals surface area (Å²) in [4.78, 5) is 14.3. The van der Waals surface area contributed by atoms with E-state index in [2.05, 4.69) is 4.72 Å². The van der Waals surface area contributed by atoms with Gasteiger partial charge in [-0.3, -0.25) is 4.79 Å². The number of hydrogen-bond donors (Lipinski definition) is 1. The lowest BCUT2D eigenvalue weighted by molar-refractivity contribution is 0.0785. The van der Waals surface area contributed by atoms with Gasteiger partial charge in [0.05, 0.1) is 4.90 Å². The van der Waals surface area contributed by atoms with Crippen LogP contribution < -0.4 is 4.72 Å². The minimum Gasteiger partial charge on any atom is -0.337 e. The molecule has 0 heterocycles. The average molecular weight is 429 g/mol. The first-order valence-electron chi connectivity index (χ1n) is 8.99. The lowest BCUT2D eigenvalue weighted by Gasteiger charge is -2.18. The number of hydrogen-bond acceptors (Lipinski definition) is 3. The van der Waals surface area contributed by atoms with Crippen molar-refractivity contribution in [2.75, 3.05) is 7.05 Å². The van der Waals surface area contributed by atoms with Gasteiger partial charge in [0.2, 0.25) is 10.0 Å². The summed E-state index contributed by atoms with van der Waals surface area (Å²) in [5, 5.41) is 0.628. The van der Waals surface area contributed by atoms with Crippen LogP contribution in [0, 0.1) is 0 Å². The largest absolute Gasteiger partial charge is 0.337 e. The van der Waals surface area contributed by atoms with Crippen molar-refractivity contribution in [2.24, 2.45) is 0 Å². The number of rotatable bonds is 7. The second-order valence-electron chi connectivity index (χ2n) is 6.63. The quantitative estimate of drug-likeness (QED) is 0.616. The van der Waals surface area contributed by atoms with Crippen molar-refractivity contribution >= 4 is 27.5 Å². The summed E-state index contributed by atoms with van der Waals surface area (Å²) in [6, 6.07) is 22.5. The second-order valence-corrected chi connectivity index (χ2v) is 8.83. The number of carbonyl (C=O) groups excluding carboxylic acids is 1. The van der Waals surface area contributed by atoms with Crippen molar-refractivity contribution in [1.82, 2.24) is 9.62 Å². The molecule has 0 saturated heterocycles. The highest BCUT2D eigenvalue weighted by Crippen LogP contribution is 2.16. The molecule has 0 aliphatic rings. The first-order chi connectivity index (χ1) is 13.8. The highest BCUT2D eigenvalue weighted by molar-refractivity contribution is 7.89. The number of sulfonamides is 1. The summed E-state index contributed by atoms with van der Waals surface area (Å²) >= 11 is 5.89. The molecule has 1 N–H and O–H groups in total. The number of amides is 1. The van der Waals surface area contributed by atoms with E-state index in [1.165, 1.54) is 17.0 Å². The Morgan fingerprint density at radius 1 is 0.931 bits per heavy atom. The zero-order valence-corrected chi connectivity index (χ0v) is 17.5. The van der Waals surface area contributed by atoms with Crippen LogP contribution in [0.3, 0.4) is 0 Å². The highest BCUT2D eigenvalue weighted by Gasteiger charge is 2.18. The van der Waals surface area contributed by atoms with Crippen molar-refractivity contribution in [3.05, 3.63) is 101 Å². The maximum Gasteiger partial charge on any atom is 0.253 e. The van der Waals surface area contributed by atoms with E-state index < -0.39 is 10.0 Å². The van der Waals surface area contributed by atoms with Crippen molar-refractivity contribution in [1.29, 1.82) is 0 Å². The predicted molar refractivity (Wildman–Crippen MR) is 114 cm³/mol. The van der Waals surface area contributed by atoms with Crippen molar-refractivity contribution in [3.8, 4) is 0 Å². The van der Waals surface area contributed by atoms with Gasteiger partial charge in [-0.2, -0.15) is 0 Å². The lowest BCUT2D eigenvalue weighted by Crippen LogP contribution is -2.27. The van der Waals surface area contributed by atoms with Crippen LogP contribution in [0.4, 0.5) is 0 Å². The molecule has 3 aromatic rings. The van der Waals surface area contributed by atoms with E-state index in [0.29, 0.717) is 17.1 Å². The van der Waals surface area contributed by atoms with Crippen molar-refractivity contribution in [2.45, 2.75) is 18.0 Å². The van der Waals surface area contributed by atoms with Gasteiger partial charge in [-0.15, -0.1) is 0 Å². The van der Waals surface area contributed by atoms with E-state index in [0.717, 1.165) is 11.1 Å². The monoisotopic (exact) mass is 428 g/mol. The van der Waals surface area contributed by atoms with E-state index in [1.807, 2.05) is 42.5 Å². The highest BCUT2D eigenvalue weighted by atomic mass is 35.5. The van der Waals surface area contributed by atoms with E-state index in [-0.39, 0.29) is 17.3 Å². The molecule has 0 bridgehead atoms. The molecular weight excluding hydrogens is 408 g/mol. The van der Waals surface area contributed by atoms with Crippen molar-refractivity contribution < 1.29 is 13.2 Å². The van der Waals surface area contributed by atoms with Gasteiger partial charge in [0.15, 0.2) is 0 Å². The molecule has 7 heteroatoms. The van der Waals surface area contributed by atoms with Crippen LogP contribution in [0.15, 0.2) is 83.8 Å². The Labute approximate surface area is 176 Å². The molecule has 150 valence electrons. The molecule has 0 fully saturated rings. The molecule has 3 aromatic carbocycles. The summed E-state index contributed by atoms with van der Waals surface area (Å²) in [7, 11) is -2.07. The van der Waals surface area contributed by atoms with Gasteiger partial charge in [-0.05, 0) is 41.5 Å². The third-order valence-electron chi connectivity index (χ3n) is 4.38. The molecule has 3 rings (SSSR count). The molecule has 0 saturated carbocycles. The summed E-state index contributed by atoms with van der Waals surface area (Å²) in [5.74, 6) is -0.264. The Morgan fingerprint density at radius 2 is 1.62 bits per heavy atom. The molecule has 0 spiro atoms. The minimum atomic E-state index is -3.74. The zero-order chi connectivity index (χ0) is 20.9. The van der Waals surface area contributed by atoms with Crippen LogP contribution >= 0.6 is 11.6 Å². The van der Waals surface area contributed by atoms with Gasteiger partial charge in [0, 0.05) is 30.7 Å². The van der Waals surface area contributed by atoms with Gasteiger partial charge in [-0.25, -0.2) is 13.1 Å². The topological polar surface area (TPSA) is 66.5 Å². The van der Waals surface area contributed by atoms with Crippen LogP contribution in [0.2, 0.25) is 5.02 Å². The first-order valence-corrected chi connectivity index (χ1v) is 10.8. The average Bonchev–Trinajstić information content (AvgIpc) is 2.74. The van der Waals surface area contributed by atoms with E-state index in [1.54, 1.807) is 31.3 Å². The summed E-state index contributed by atoms with van der Waals surface area (Å²) in [6.45, 7) is 0.567. The molecule has 0 unspecified atom stereocenters. The van der Waals surface area contributed by atoms with E-state index in [4.69, 9.17) is 11.6 Å². The maximum absolute atomic E-state index is 12.8. The number of halogens is 1. The van der Waals surface area contributed by atoms with Gasteiger partial charge >= 0.3 is 0 Å². The summed E-state index contributed by atoms with van der Waals surface area (Å²) in [5.41, 5.74) is 2.09. The zero-order valence-electron chi connectivity index (χ0n) is 15.9. The Morgan fingerprint density at radius 3 is 2.31 bits per heavy atom. The van der Waals surface area contributed by atoms with Gasteiger partial charge in [0.25, 0.3) is 5.91 Å². The fourth-order valence-corrected chi connectivity index (χ4v) is 4.00. The van der Waals surface area contributed by atoms with Gasteiger partial charge in [-0.1, -0.05) is 60.1 Å². The minimum absolute atomic E-state index is 0.0548. The number of nitrogens with one attached hydrogen (secondary N) is 1. The van der Waals surface area contributed by atoms with Crippen LogP contribution in [-0.2, 0) is 23.1 Å². The number of nitrogens with zero attached hydrogens (tertiary/aromatic N) is 1. The fourth-order valence-electron chi connectivity index (χ4n) is 2.81. The van der Waals surface area contributed by atoms with Crippen LogP contribution in [0.5, 0.6) is 0 Å². The molecule has 0 aliphatic carbocycles. The van der Waals surface area contributed by atoms with Crippen LogP contribution in [-0.4, -0.2) is 26.3 Å². The van der Waals surface area contributed by atoms with Gasteiger partial charge < -0.3 is 4.90 Å².